The third-order valence-corrected chi connectivity index (χ3v) is 7.13. The predicted molar refractivity (Wildman–Crippen MR) is 151 cm³/mol. The van der Waals surface area contributed by atoms with Crippen molar-refractivity contribution in [2.45, 2.75) is 20.0 Å². The van der Waals surface area contributed by atoms with Gasteiger partial charge in [0.25, 0.3) is 5.91 Å². The quantitative estimate of drug-likeness (QED) is 0.205. The third kappa shape index (κ3) is 4.95. The topological polar surface area (TPSA) is 79.5 Å². The highest BCUT2D eigenvalue weighted by molar-refractivity contribution is 6.63. The molecule has 9 heteroatoms. The van der Waals surface area contributed by atoms with Gasteiger partial charge in [-0.3, -0.25) is 14.2 Å². The third-order valence-electron chi connectivity index (χ3n) is 6.88. The number of carbonyl (C=O) groups excluding carboxylic acids is 3. The van der Waals surface area contributed by atoms with E-state index >= 15 is 0 Å². The Morgan fingerprint density at radius 1 is 0.949 bits per heavy atom. The van der Waals surface area contributed by atoms with E-state index in [1.54, 1.807) is 66.4 Å². The molecule has 0 aliphatic heterocycles. The predicted octanol–water partition coefficient (Wildman–Crippen LogP) is 5.39. The summed E-state index contributed by atoms with van der Waals surface area (Å²) < 4.78 is 14.4. The van der Waals surface area contributed by atoms with Gasteiger partial charge in [0.2, 0.25) is 0 Å². The van der Waals surface area contributed by atoms with Crippen molar-refractivity contribution in [3.05, 3.63) is 99.8 Å². The van der Waals surface area contributed by atoms with E-state index in [1.165, 1.54) is 0 Å². The van der Waals surface area contributed by atoms with Gasteiger partial charge < -0.3 is 18.8 Å². The minimum atomic E-state index is -0.500. The molecule has 194 valence electrons. The molecule has 2 radical (unpaired) electrons. The summed E-state index contributed by atoms with van der Waals surface area (Å²) in [6.45, 7) is 1.86. The molecule has 2 aromatic heterocycles. The first-order chi connectivity index (χ1) is 18.7. The number of methoxy groups -OCH3 is 1. The van der Waals surface area contributed by atoms with Crippen LogP contribution in [0.15, 0.2) is 66.9 Å². The average molecular weight is 539 g/mol. The van der Waals surface area contributed by atoms with E-state index in [1.807, 2.05) is 30.7 Å². The van der Waals surface area contributed by atoms with Gasteiger partial charge in [-0.05, 0) is 66.6 Å². The van der Waals surface area contributed by atoms with Crippen LogP contribution in [0.25, 0.3) is 21.8 Å². The number of hydrogen-bond acceptors (Lipinski definition) is 5. The van der Waals surface area contributed by atoms with Crippen molar-refractivity contribution in [3.63, 3.8) is 0 Å². The number of aryl methyl sites for hydroxylation is 1. The maximum Gasteiger partial charge on any atom is 0.310 e. The standard InChI is InChI=1S/C30H24BClN2O5/c1-17-23(14-28(35)39-16-18-4-10-22-25(29(31)36)15-33(2)27(22)12-18)24-13-21(38-3)9-11-26(24)34(17)30(37)19-5-7-20(32)8-6-19/h4-13,15H,14,16H2,1-3H3. The summed E-state index contributed by atoms with van der Waals surface area (Å²) >= 11 is 6.00. The molecule has 5 rings (SSSR count). The van der Waals surface area contributed by atoms with Gasteiger partial charge in [0.15, 0.2) is 7.85 Å². The number of aromatic nitrogens is 2. The van der Waals surface area contributed by atoms with E-state index in [4.69, 9.17) is 28.9 Å². The highest BCUT2D eigenvalue weighted by Gasteiger charge is 2.22. The fraction of sp³-hybridized carbons (Fsp3) is 0.167. The van der Waals surface area contributed by atoms with E-state index in [0.29, 0.717) is 38.7 Å². The second kappa shape index (κ2) is 10.5. The van der Waals surface area contributed by atoms with Crippen molar-refractivity contribution < 1.29 is 23.9 Å². The van der Waals surface area contributed by atoms with Crippen molar-refractivity contribution >= 4 is 58.8 Å². The molecular weight excluding hydrogens is 515 g/mol. The number of nitrogens with zero attached hydrogens (tertiary/aromatic N) is 2. The highest BCUT2D eigenvalue weighted by Crippen LogP contribution is 2.31. The molecule has 0 spiro atoms. The number of halogens is 1. The fourth-order valence-corrected chi connectivity index (χ4v) is 5.00. The number of hydrogen-bond donors (Lipinski definition) is 0. The van der Waals surface area contributed by atoms with Crippen LogP contribution in [-0.4, -0.2) is 41.6 Å². The normalized spacial score (nSPS) is 11.2. The Kier molecular flexibility index (Phi) is 7.06. The SMILES string of the molecule is [B]C(=O)c1cn(C)c2cc(COC(=O)Cc3c(C)n(C(=O)c4ccc(Cl)cc4)c4ccc(OC)cc34)ccc12. The van der Waals surface area contributed by atoms with Crippen LogP contribution in [0.1, 0.15) is 37.5 Å². The number of carbonyl (C=O) groups is 3. The Bertz CT molecular complexity index is 1770. The summed E-state index contributed by atoms with van der Waals surface area (Å²) in [5.41, 5.74) is 3.97. The molecule has 0 fully saturated rings. The Hall–Kier alpha value is -4.30. The fourth-order valence-electron chi connectivity index (χ4n) is 4.87. The van der Waals surface area contributed by atoms with Gasteiger partial charge in [-0.2, -0.15) is 0 Å². The number of rotatable bonds is 7. The Labute approximate surface area is 231 Å². The molecule has 0 bridgehead atoms. The van der Waals surface area contributed by atoms with Gasteiger partial charge in [0.05, 0.1) is 19.0 Å². The van der Waals surface area contributed by atoms with Gasteiger partial charge in [0.1, 0.15) is 18.0 Å². The Balaban J connectivity index is 1.42. The summed E-state index contributed by atoms with van der Waals surface area (Å²) in [6, 6.07) is 17.5. The van der Waals surface area contributed by atoms with E-state index in [2.05, 4.69) is 0 Å². The molecule has 0 saturated carbocycles. The molecule has 0 saturated heterocycles. The molecule has 0 atom stereocenters. The number of benzene rings is 3. The monoisotopic (exact) mass is 538 g/mol. The number of fused-ring (bicyclic) bond motifs is 2. The molecular formula is C30H24BClN2O5. The highest BCUT2D eigenvalue weighted by atomic mass is 35.5. The minimum absolute atomic E-state index is 0.0331. The summed E-state index contributed by atoms with van der Waals surface area (Å²) in [4.78, 5) is 38.2. The average Bonchev–Trinajstić information content (AvgIpc) is 3.40. The maximum atomic E-state index is 13.5. The Morgan fingerprint density at radius 3 is 2.38 bits per heavy atom. The lowest BCUT2D eigenvalue weighted by Crippen LogP contribution is -2.14. The van der Waals surface area contributed by atoms with Crippen molar-refractivity contribution in [3.8, 4) is 5.75 Å². The molecule has 0 unspecified atom stereocenters. The van der Waals surface area contributed by atoms with E-state index in [-0.39, 0.29) is 18.9 Å². The van der Waals surface area contributed by atoms with Crippen LogP contribution in [0, 0.1) is 6.92 Å². The molecule has 7 nitrogen and oxygen atoms in total. The molecule has 0 N–H and O–H groups in total. The van der Waals surface area contributed by atoms with Gasteiger partial charge in [0, 0.05) is 51.4 Å². The first-order valence-electron chi connectivity index (χ1n) is 12.2. The van der Waals surface area contributed by atoms with Gasteiger partial charge in [-0.15, -0.1) is 0 Å². The summed E-state index contributed by atoms with van der Waals surface area (Å²) in [5, 5.41) is 2.01. The molecule has 5 aromatic rings. The molecule has 39 heavy (non-hydrogen) atoms. The number of ether oxygens (including phenoxy) is 2. The van der Waals surface area contributed by atoms with Crippen LogP contribution in [-0.2, 0) is 29.6 Å². The first-order valence-corrected chi connectivity index (χ1v) is 12.6. The van der Waals surface area contributed by atoms with Crippen LogP contribution in [0.4, 0.5) is 0 Å². The minimum Gasteiger partial charge on any atom is -0.497 e. The molecule has 0 aliphatic rings. The lowest BCUT2D eigenvalue weighted by Gasteiger charge is -2.09. The zero-order chi connectivity index (χ0) is 27.8. The summed E-state index contributed by atoms with van der Waals surface area (Å²) in [6.07, 6.45) is 1.65. The second-order valence-corrected chi connectivity index (χ2v) is 9.74. The molecule has 3 aromatic carbocycles. The van der Waals surface area contributed by atoms with E-state index < -0.39 is 11.7 Å². The van der Waals surface area contributed by atoms with Crippen LogP contribution >= 0.6 is 11.6 Å². The largest absolute Gasteiger partial charge is 0.497 e. The van der Waals surface area contributed by atoms with Crippen LogP contribution in [0.5, 0.6) is 5.75 Å². The van der Waals surface area contributed by atoms with E-state index in [9.17, 15) is 14.4 Å². The van der Waals surface area contributed by atoms with Crippen LogP contribution in [0.2, 0.25) is 5.02 Å². The van der Waals surface area contributed by atoms with E-state index in [0.717, 1.165) is 21.9 Å². The Morgan fingerprint density at radius 2 is 1.69 bits per heavy atom. The lowest BCUT2D eigenvalue weighted by atomic mass is 9.94. The van der Waals surface area contributed by atoms with Gasteiger partial charge in [-0.1, -0.05) is 23.7 Å². The number of esters is 1. The van der Waals surface area contributed by atoms with Crippen LogP contribution in [0.3, 0.4) is 0 Å². The lowest BCUT2D eigenvalue weighted by molar-refractivity contribution is -0.144. The smallest absolute Gasteiger partial charge is 0.310 e. The van der Waals surface area contributed by atoms with Gasteiger partial charge >= 0.3 is 5.97 Å². The van der Waals surface area contributed by atoms with Gasteiger partial charge in [-0.25, -0.2) is 0 Å². The zero-order valence-corrected chi connectivity index (χ0v) is 22.4. The second-order valence-electron chi connectivity index (χ2n) is 9.30. The molecule has 0 aliphatic carbocycles. The molecule has 0 amide bonds. The van der Waals surface area contributed by atoms with Crippen LogP contribution < -0.4 is 4.74 Å². The van der Waals surface area contributed by atoms with Crippen molar-refractivity contribution in [1.82, 2.24) is 9.13 Å². The van der Waals surface area contributed by atoms with Crippen molar-refractivity contribution in [2.24, 2.45) is 7.05 Å². The summed E-state index contributed by atoms with van der Waals surface area (Å²) in [5.74, 6) is -0.0618. The zero-order valence-electron chi connectivity index (χ0n) is 21.7. The van der Waals surface area contributed by atoms with Crippen molar-refractivity contribution in [2.75, 3.05) is 7.11 Å². The summed E-state index contributed by atoms with van der Waals surface area (Å²) in [7, 11) is 8.86. The molecule has 2 heterocycles. The first kappa shape index (κ1) is 26.3. The maximum absolute atomic E-state index is 13.5. The van der Waals surface area contributed by atoms with Crippen molar-refractivity contribution in [1.29, 1.82) is 0 Å².